The lowest BCUT2D eigenvalue weighted by molar-refractivity contribution is 0.189. The van der Waals surface area contributed by atoms with Gasteiger partial charge in [0.25, 0.3) is 0 Å². The van der Waals surface area contributed by atoms with Crippen LogP contribution in [0.25, 0.3) is 0 Å². The number of hydrogen-bond donors (Lipinski definition) is 2. The number of fused-ring (bicyclic) bond motifs is 1. The minimum absolute atomic E-state index is 0.0483. The molecule has 0 aromatic heterocycles. The van der Waals surface area contributed by atoms with E-state index in [-0.39, 0.29) is 12.1 Å². The van der Waals surface area contributed by atoms with Crippen molar-refractivity contribution in [2.75, 3.05) is 32.8 Å². The number of amides is 2. The predicted octanol–water partition coefficient (Wildman–Crippen LogP) is 3.97. The van der Waals surface area contributed by atoms with Crippen LogP contribution in [0.3, 0.4) is 0 Å². The third kappa shape index (κ3) is 5.27. The quantitative estimate of drug-likeness (QED) is 0.735. The molecule has 0 bridgehead atoms. The molecule has 0 unspecified atom stereocenters. The average Bonchev–Trinajstić information content (AvgIpc) is 2.64. The van der Waals surface area contributed by atoms with Crippen molar-refractivity contribution in [1.29, 1.82) is 0 Å². The Labute approximate surface area is 161 Å². The number of likely N-dealkylation sites (tertiary alicyclic amines) is 1. The van der Waals surface area contributed by atoms with E-state index in [1.165, 1.54) is 25.9 Å². The summed E-state index contributed by atoms with van der Waals surface area (Å²) in [6, 6.07) is 5.50. The molecule has 2 heterocycles. The number of para-hydroxylation sites is 1. The number of nitrogens with one attached hydrogen (secondary N) is 2. The molecule has 0 saturated carbocycles. The summed E-state index contributed by atoms with van der Waals surface area (Å²) in [7, 11) is 0. The van der Waals surface area contributed by atoms with Gasteiger partial charge in [0, 0.05) is 18.5 Å². The van der Waals surface area contributed by atoms with E-state index in [4.69, 9.17) is 16.3 Å². The van der Waals surface area contributed by atoms with E-state index < -0.39 is 0 Å². The number of ether oxygens (including phenoxy) is 1. The number of nitrogens with zero attached hydrogens (tertiary/aromatic N) is 1. The van der Waals surface area contributed by atoms with Gasteiger partial charge in [-0.2, -0.15) is 0 Å². The molecule has 2 aliphatic heterocycles. The van der Waals surface area contributed by atoms with Crippen molar-refractivity contribution in [2.45, 2.75) is 45.1 Å². The van der Waals surface area contributed by atoms with Gasteiger partial charge in [-0.25, -0.2) is 4.79 Å². The van der Waals surface area contributed by atoms with Crippen molar-refractivity contribution in [3.63, 3.8) is 0 Å². The minimum Gasteiger partial charge on any atom is -0.492 e. The van der Waals surface area contributed by atoms with Gasteiger partial charge in [0.2, 0.25) is 0 Å². The van der Waals surface area contributed by atoms with E-state index in [9.17, 15) is 4.79 Å². The highest BCUT2D eigenvalue weighted by Crippen LogP contribution is 2.37. The van der Waals surface area contributed by atoms with Gasteiger partial charge in [0.15, 0.2) is 0 Å². The zero-order valence-electron chi connectivity index (χ0n) is 15.6. The molecule has 144 valence electrons. The lowest BCUT2D eigenvalue weighted by Crippen LogP contribution is -2.40. The Balaban J connectivity index is 1.34. The molecule has 2 N–H and O–H groups in total. The molecule has 0 radical (unpaired) electrons. The SMILES string of the molecule is CC1CCN(CCCCNC(=O)N[C@@H]2CCOc3c(Cl)cccc32)CC1. The van der Waals surface area contributed by atoms with Gasteiger partial charge in [0.05, 0.1) is 17.7 Å². The Kier molecular flexibility index (Phi) is 7.03. The minimum atomic E-state index is -0.116. The van der Waals surface area contributed by atoms with Crippen LogP contribution in [-0.2, 0) is 0 Å². The summed E-state index contributed by atoms with van der Waals surface area (Å²) in [5, 5.41) is 6.62. The van der Waals surface area contributed by atoms with Crippen molar-refractivity contribution in [3.05, 3.63) is 28.8 Å². The number of rotatable bonds is 6. The molecule has 1 saturated heterocycles. The first-order chi connectivity index (χ1) is 12.6. The van der Waals surface area contributed by atoms with Crippen LogP contribution in [0.1, 0.15) is 50.6 Å². The molecule has 3 rings (SSSR count). The second kappa shape index (κ2) is 9.47. The van der Waals surface area contributed by atoms with Crippen LogP contribution in [0.4, 0.5) is 4.79 Å². The molecule has 0 aliphatic carbocycles. The predicted molar refractivity (Wildman–Crippen MR) is 105 cm³/mol. The van der Waals surface area contributed by atoms with Gasteiger partial charge in [-0.05, 0) is 57.3 Å². The Bertz CT molecular complexity index is 603. The zero-order valence-corrected chi connectivity index (χ0v) is 16.4. The van der Waals surface area contributed by atoms with Crippen LogP contribution in [0, 0.1) is 5.92 Å². The fourth-order valence-corrected chi connectivity index (χ4v) is 3.93. The Morgan fingerprint density at radius 1 is 1.27 bits per heavy atom. The molecule has 1 fully saturated rings. The highest BCUT2D eigenvalue weighted by atomic mass is 35.5. The Morgan fingerprint density at radius 2 is 2.08 bits per heavy atom. The Morgan fingerprint density at radius 3 is 2.88 bits per heavy atom. The first-order valence-electron chi connectivity index (χ1n) is 9.81. The van der Waals surface area contributed by atoms with Crippen LogP contribution in [0.5, 0.6) is 5.75 Å². The maximum Gasteiger partial charge on any atom is 0.315 e. The van der Waals surface area contributed by atoms with Gasteiger partial charge in [-0.1, -0.05) is 30.7 Å². The molecule has 6 heteroatoms. The van der Waals surface area contributed by atoms with Crippen LogP contribution >= 0.6 is 11.6 Å². The number of benzene rings is 1. The van der Waals surface area contributed by atoms with Crippen LogP contribution in [0.2, 0.25) is 5.02 Å². The highest BCUT2D eigenvalue weighted by Gasteiger charge is 2.24. The molecule has 0 spiro atoms. The van der Waals surface area contributed by atoms with Gasteiger partial charge in [-0.15, -0.1) is 0 Å². The molecule has 1 aromatic carbocycles. The molecule has 5 nitrogen and oxygen atoms in total. The number of hydrogen-bond acceptors (Lipinski definition) is 3. The third-order valence-corrected chi connectivity index (χ3v) is 5.69. The largest absolute Gasteiger partial charge is 0.492 e. The monoisotopic (exact) mass is 379 g/mol. The summed E-state index contributed by atoms with van der Waals surface area (Å²) in [6.07, 6.45) is 5.53. The van der Waals surface area contributed by atoms with E-state index in [1.54, 1.807) is 0 Å². The summed E-state index contributed by atoms with van der Waals surface area (Å²) < 4.78 is 5.64. The van der Waals surface area contributed by atoms with Gasteiger partial charge >= 0.3 is 6.03 Å². The van der Waals surface area contributed by atoms with Crippen molar-refractivity contribution >= 4 is 17.6 Å². The van der Waals surface area contributed by atoms with Crippen molar-refractivity contribution in [1.82, 2.24) is 15.5 Å². The fourth-order valence-electron chi connectivity index (χ4n) is 3.69. The van der Waals surface area contributed by atoms with Crippen LogP contribution in [-0.4, -0.2) is 43.7 Å². The van der Waals surface area contributed by atoms with E-state index >= 15 is 0 Å². The average molecular weight is 380 g/mol. The van der Waals surface area contributed by atoms with Crippen LogP contribution in [0.15, 0.2) is 18.2 Å². The summed E-state index contributed by atoms with van der Waals surface area (Å²) in [5.74, 6) is 1.57. The second-order valence-corrected chi connectivity index (χ2v) is 7.89. The molecule has 1 atom stereocenters. The number of urea groups is 1. The second-order valence-electron chi connectivity index (χ2n) is 7.48. The first-order valence-corrected chi connectivity index (χ1v) is 10.2. The topological polar surface area (TPSA) is 53.6 Å². The summed E-state index contributed by atoms with van der Waals surface area (Å²) in [5.41, 5.74) is 0.957. The van der Waals surface area contributed by atoms with Gasteiger partial charge < -0.3 is 20.3 Å². The third-order valence-electron chi connectivity index (χ3n) is 5.39. The molecular formula is C20H30ClN3O2. The molecule has 2 aliphatic rings. The van der Waals surface area contributed by atoms with E-state index in [1.807, 2.05) is 18.2 Å². The number of piperidine rings is 1. The maximum absolute atomic E-state index is 12.2. The maximum atomic E-state index is 12.2. The lowest BCUT2D eigenvalue weighted by Gasteiger charge is -2.30. The molecule has 26 heavy (non-hydrogen) atoms. The summed E-state index contributed by atoms with van der Waals surface area (Å²) in [6.45, 7) is 7.20. The van der Waals surface area contributed by atoms with Crippen molar-refractivity contribution in [3.8, 4) is 5.75 Å². The van der Waals surface area contributed by atoms with Crippen LogP contribution < -0.4 is 15.4 Å². The first kappa shape index (κ1) is 19.3. The summed E-state index contributed by atoms with van der Waals surface area (Å²) in [4.78, 5) is 14.7. The van der Waals surface area contributed by atoms with Gasteiger partial charge in [-0.3, -0.25) is 0 Å². The fraction of sp³-hybridized carbons (Fsp3) is 0.650. The molecule has 1 aromatic rings. The van der Waals surface area contributed by atoms with Crippen molar-refractivity contribution in [2.24, 2.45) is 5.92 Å². The number of carbonyl (C=O) groups is 1. The standard InChI is InChI=1S/C20H30ClN3O2/c1-15-7-12-24(13-8-15)11-3-2-10-22-20(25)23-18-9-14-26-19-16(18)5-4-6-17(19)21/h4-6,15,18H,2-3,7-14H2,1H3,(H2,22,23,25)/t18-/m1/s1. The van der Waals surface area contributed by atoms with Crippen molar-refractivity contribution < 1.29 is 9.53 Å². The smallest absolute Gasteiger partial charge is 0.315 e. The zero-order chi connectivity index (χ0) is 18.4. The van der Waals surface area contributed by atoms with E-state index in [2.05, 4.69) is 22.5 Å². The van der Waals surface area contributed by atoms with E-state index in [0.717, 1.165) is 37.3 Å². The van der Waals surface area contributed by atoms with Gasteiger partial charge in [0.1, 0.15) is 5.75 Å². The lowest BCUT2D eigenvalue weighted by atomic mass is 9.99. The Hall–Kier alpha value is -1.46. The number of unbranched alkanes of at least 4 members (excludes halogenated alkanes) is 1. The normalized spacial score (nSPS) is 20.9. The number of halogens is 1. The molecular weight excluding hydrogens is 350 g/mol. The number of carbonyl (C=O) groups excluding carboxylic acids is 1. The highest BCUT2D eigenvalue weighted by molar-refractivity contribution is 6.32. The summed E-state index contributed by atoms with van der Waals surface area (Å²) >= 11 is 6.18. The van der Waals surface area contributed by atoms with E-state index in [0.29, 0.717) is 23.9 Å². The molecule has 2 amide bonds.